The topological polar surface area (TPSA) is 24.8 Å². The number of halogens is 1. The molecular weight excluding hydrogens is 416 g/mol. The molecule has 0 spiro atoms. The standard InChI is InChI=1S/C28H25ClN2O/c1-21-17-24(18-22(2)28(21)32-20-23-13-15-25(29)16-14-23)19-30-31(26-9-5-3-6-10-26)27-11-7-4-8-12-27/h3-19H,20H2,1-2H3/b30-19-. The monoisotopic (exact) mass is 440 g/mol. The van der Waals surface area contributed by atoms with Crippen molar-refractivity contribution < 1.29 is 4.74 Å². The Morgan fingerprint density at radius 2 is 1.31 bits per heavy atom. The summed E-state index contributed by atoms with van der Waals surface area (Å²) in [5.41, 5.74) is 6.27. The second kappa shape index (κ2) is 10.2. The third-order valence-electron chi connectivity index (χ3n) is 5.10. The summed E-state index contributed by atoms with van der Waals surface area (Å²) in [5.74, 6) is 0.903. The highest BCUT2D eigenvalue weighted by atomic mass is 35.5. The normalized spacial score (nSPS) is 11.0. The summed E-state index contributed by atoms with van der Waals surface area (Å²) in [7, 11) is 0. The molecule has 4 aromatic carbocycles. The lowest BCUT2D eigenvalue weighted by molar-refractivity contribution is 0.302. The molecule has 0 aliphatic carbocycles. The van der Waals surface area contributed by atoms with Crippen molar-refractivity contribution >= 4 is 29.2 Å². The van der Waals surface area contributed by atoms with Crippen molar-refractivity contribution in [1.29, 1.82) is 0 Å². The molecule has 0 N–H and O–H groups in total. The van der Waals surface area contributed by atoms with Crippen LogP contribution in [0.2, 0.25) is 5.02 Å². The first-order chi connectivity index (χ1) is 15.6. The van der Waals surface area contributed by atoms with Crippen molar-refractivity contribution in [3.05, 3.63) is 124 Å². The molecule has 0 bridgehead atoms. The number of ether oxygens (including phenoxy) is 1. The van der Waals surface area contributed by atoms with E-state index >= 15 is 0 Å². The fourth-order valence-corrected chi connectivity index (χ4v) is 3.69. The van der Waals surface area contributed by atoms with Crippen LogP contribution in [0.5, 0.6) is 5.75 Å². The number of anilines is 2. The van der Waals surface area contributed by atoms with E-state index in [0.29, 0.717) is 6.61 Å². The van der Waals surface area contributed by atoms with Crippen molar-refractivity contribution in [2.24, 2.45) is 5.10 Å². The summed E-state index contributed by atoms with van der Waals surface area (Å²) < 4.78 is 6.11. The molecule has 0 aliphatic rings. The van der Waals surface area contributed by atoms with Gasteiger partial charge in [0.25, 0.3) is 0 Å². The Bertz CT molecular complexity index is 1130. The van der Waals surface area contributed by atoms with E-state index in [9.17, 15) is 0 Å². The summed E-state index contributed by atoms with van der Waals surface area (Å²) in [6.07, 6.45) is 1.89. The molecule has 160 valence electrons. The Labute approximate surface area is 194 Å². The van der Waals surface area contributed by atoms with Crippen molar-refractivity contribution in [1.82, 2.24) is 0 Å². The highest BCUT2D eigenvalue weighted by molar-refractivity contribution is 6.30. The lowest BCUT2D eigenvalue weighted by atomic mass is 10.1. The van der Waals surface area contributed by atoms with Crippen LogP contribution in [0.15, 0.2) is 102 Å². The van der Waals surface area contributed by atoms with Crippen molar-refractivity contribution in [2.75, 3.05) is 5.01 Å². The van der Waals surface area contributed by atoms with Crippen LogP contribution >= 0.6 is 11.6 Å². The minimum atomic E-state index is 0.502. The number of aryl methyl sites for hydroxylation is 2. The Hall–Kier alpha value is -3.56. The predicted molar refractivity (Wildman–Crippen MR) is 134 cm³/mol. The molecule has 3 nitrogen and oxygen atoms in total. The molecule has 4 aromatic rings. The molecule has 0 aliphatic heterocycles. The summed E-state index contributed by atoms with van der Waals surface area (Å²) in [4.78, 5) is 0. The van der Waals surface area contributed by atoms with Crippen LogP contribution in [0.3, 0.4) is 0 Å². The predicted octanol–water partition coefficient (Wildman–Crippen LogP) is 7.71. The molecule has 4 rings (SSSR count). The number of hydrazone groups is 1. The van der Waals surface area contributed by atoms with Crippen molar-refractivity contribution in [3.63, 3.8) is 0 Å². The van der Waals surface area contributed by atoms with Gasteiger partial charge in [0.1, 0.15) is 12.4 Å². The van der Waals surface area contributed by atoms with Gasteiger partial charge in [-0.05, 0) is 84.6 Å². The lowest BCUT2D eigenvalue weighted by Crippen LogP contribution is -2.09. The molecule has 0 saturated heterocycles. The van der Waals surface area contributed by atoms with Gasteiger partial charge in [-0.1, -0.05) is 60.1 Å². The minimum Gasteiger partial charge on any atom is -0.488 e. The number of para-hydroxylation sites is 2. The van der Waals surface area contributed by atoms with E-state index in [1.54, 1.807) is 0 Å². The zero-order chi connectivity index (χ0) is 22.3. The first-order valence-electron chi connectivity index (χ1n) is 10.5. The van der Waals surface area contributed by atoms with Crippen LogP contribution < -0.4 is 9.75 Å². The van der Waals surface area contributed by atoms with Gasteiger partial charge >= 0.3 is 0 Å². The van der Waals surface area contributed by atoms with Gasteiger partial charge in [-0.3, -0.25) is 0 Å². The van der Waals surface area contributed by atoms with E-state index in [-0.39, 0.29) is 0 Å². The zero-order valence-corrected chi connectivity index (χ0v) is 19.0. The fourth-order valence-electron chi connectivity index (χ4n) is 3.57. The Morgan fingerprint density at radius 1 is 0.781 bits per heavy atom. The number of benzene rings is 4. The van der Waals surface area contributed by atoms with Gasteiger partial charge in [0.05, 0.1) is 17.6 Å². The Morgan fingerprint density at radius 3 is 1.84 bits per heavy atom. The number of nitrogens with zero attached hydrogens (tertiary/aromatic N) is 2. The molecule has 0 atom stereocenters. The van der Waals surface area contributed by atoms with Gasteiger partial charge in [0, 0.05) is 5.02 Å². The molecule has 32 heavy (non-hydrogen) atoms. The average Bonchev–Trinajstić information content (AvgIpc) is 2.81. The van der Waals surface area contributed by atoms with E-state index in [4.69, 9.17) is 21.4 Å². The van der Waals surface area contributed by atoms with E-state index in [2.05, 4.69) is 50.2 Å². The molecule has 0 amide bonds. The molecule has 0 fully saturated rings. The fraction of sp³-hybridized carbons (Fsp3) is 0.107. The van der Waals surface area contributed by atoms with Crippen LogP contribution in [0, 0.1) is 13.8 Å². The molecule has 0 unspecified atom stereocenters. The summed E-state index contributed by atoms with van der Waals surface area (Å²) in [6.45, 7) is 4.63. The highest BCUT2D eigenvalue weighted by Gasteiger charge is 2.09. The smallest absolute Gasteiger partial charge is 0.125 e. The Balaban J connectivity index is 1.55. The molecule has 0 radical (unpaired) electrons. The number of hydrogen-bond donors (Lipinski definition) is 0. The van der Waals surface area contributed by atoms with Gasteiger partial charge in [-0.25, -0.2) is 5.01 Å². The average molecular weight is 441 g/mol. The first kappa shape index (κ1) is 21.7. The maximum Gasteiger partial charge on any atom is 0.125 e. The van der Waals surface area contributed by atoms with Crippen molar-refractivity contribution in [2.45, 2.75) is 20.5 Å². The Kier molecular flexibility index (Phi) is 6.88. The van der Waals surface area contributed by atoms with E-state index in [1.807, 2.05) is 71.9 Å². The molecule has 0 aromatic heterocycles. The number of rotatable bonds is 7. The van der Waals surface area contributed by atoms with Gasteiger partial charge in [0.15, 0.2) is 0 Å². The van der Waals surface area contributed by atoms with Crippen LogP contribution in [0.4, 0.5) is 11.4 Å². The minimum absolute atomic E-state index is 0.502. The van der Waals surface area contributed by atoms with Crippen LogP contribution in [0.25, 0.3) is 0 Å². The maximum absolute atomic E-state index is 6.11. The largest absolute Gasteiger partial charge is 0.488 e. The van der Waals surface area contributed by atoms with Crippen LogP contribution in [0.1, 0.15) is 22.3 Å². The van der Waals surface area contributed by atoms with E-state index in [0.717, 1.165) is 44.4 Å². The molecule has 0 heterocycles. The van der Waals surface area contributed by atoms with E-state index in [1.165, 1.54) is 0 Å². The quantitative estimate of drug-likeness (QED) is 0.217. The van der Waals surface area contributed by atoms with Gasteiger partial charge in [-0.15, -0.1) is 0 Å². The van der Waals surface area contributed by atoms with Crippen molar-refractivity contribution in [3.8, 4) is 5.75 Å². The second-order valence-electron chi connectivity index (χ2n) is 7.63. The highest BCUT2D eigenvalue weighted by Crippen LogP contribution is 2.27. The molecule has 4 heteroatoms. The summed E-state index contributed by atoms with van der Waals surface area (Å²) in [6, 6.07) is 32.2. The van der Waals surface area contributed by atoms with E-state index < -0.39 is 0 Å². The maximum atomic E-state index is 6.11. The second-order valence-corrected chi connectivity index (χ2v) is 8.06. The summed E-state index contributed by atoms with van der Waals surface area (Å²) >= 11 is 5.97. The lowest BCUT2D eigenvalue weighted by Gasteiger charge is -2.19. The van der Waals surface area contributed by atoms with Crippen LogP contribution in [-0.4, -0.2) is 6.21 Å². The third-order valence-corrected chi connectivity index (χ3v) is 5.35. The first-order valence-corrected chi connectivity index (χ1v) is 10.9. The summed E-state index contributed by atoms with van der Waals surface area (Å²) in [5, 5.41) is 7.47. The third kappa shape index (κ3) is 5.37. The SMILES string of the molecule is Cc1cc(/C=N\N(c2ccccc2)c2ccccc2)cc(C)c1OCc1ccc(Cl)cc1. The molecular formula is C28H25ClN2O. The zero-order valence-electron chi connectivity index (χ0n) is 18.2. The molecule has 0 saturated carbocycles. The van der Waals surface area contributed by atoms with Gasteiger partial charge in [-0.2, -0.15) is 5.10 Å². The van der Waals surface area contributed by atoms with Gasteiger partial charge < -0.3 is 4.74 Å². The van der Waals surface area contributed by atoms with Gasteiger partial charge in [0.2, 0.25) is 0 Å². The number of hydrogen-bond acceptors (Lipinski definition) is 3. The van der Waals surface area contributed by atoms with Crippen LogP contribution in [-0.2, 0) is 6.61 Å².